The van der Waals surface area contributed by atoms with Crippen LogP contribution in [-0.2, 0) is 0 Å². The van der Waals surface area contributed by atoms with E-state index in [2.05, 4.69) is 68.4 Å². The van der Waals surface area contributed by atoms with Crippen LogP contribution in [0.4, 0.5) is 0 Å². The predicted octanol–water partition coefficient (Wildman–Crippen LogP) is 20.3. The van der Waals surface area contributed by atoms with Gasteiger partial charge in [0, 0.05) is 0 Å². The molecule has 0 nitrogen and oxygen atoms in total. The molecule has 0 aromatic heterocycles. The van der Waals surface area contributed by atoms with Gasteiger partial charge in [0.25, 0.3) is 0 Å². The highest BCUT2D eigenvalue weighted by atomic mass is 14.7. The molecular formula is C66H112. The standard InChI is InChI=1S/C27H46.C21H36.C18H30/c1-19(2)9-8-10-20(3)23-14-15-24-22-13-12-21-11-6-7-17-26(21,4)25(22)16-18-27(23,24)5;1-4-15-9-11-18-17-10-8-16-7-5-6-13-20(16,2)19(17)12-14-21(15,18)3;1-18-12-3-2-6-14(18)9-10-16-15-7-4-5-13(15)8-11-17(16)18/h12,19-20,22-25H,6-11,13-18H2,1-5H3;15-19H,4-14H2,1-3H3;13-17H,2-12H2,1H3/t20-,22+,23-,24+,25+,26+,27-;15-,16?,17-,18-,19-,20-,21+;13-,14?,15+,16-,17-,18-/m100/s1. The van der Waals surface area contributed by atoms with Crippen molar-refractivity contribution in [2.45, 2.75) is 281 Å². The summed E-state index contributed by atoms with van der Waals surface area (Å²) in [6, 6.07) is 0. The molecule has 0 saturated heterocycles. The summed E-state index contributed by atoms with van der Waals surface area (Å²) in [5.41, 5.74) is 5.29. The number of allylic oxidation sites excluding steroid dienone is 2. The zero-order chi connectivity index (χ0) is 46.1. The highest BCUT2D eigenvalue weighted by Gasteiger charge is 2.61. The fourth-order valence-electron chi connectivity index (χ4n) is 23.7. The van der Waals surface area contributed by atoms with Crippen LogP contribution in [0.2, 0.25) is 0 Å². The summed E-state index contributed by atoms with van der Waals surface area (Å²) in [5.74, 6) is 16.9. The molecule has 0 heteroatoms. The average molecular weight is 906 g/mol. The van der Waals surface area contributed by atoms with E-state index in [-0.39, 0.29) is 0 Å². The third-order valence-corrected chi connectivity index (χ3v) is 27.3. The molecule has 0 amide bonds. The highest BCUT2D eigenvalue weighted by molar-refractivity contribution is 5.24. The van der Waals surface area contributed by atoms with E-state index in [1.54, 1.807) is 109 Å². The first-order valence-electron chi connectivity index (χ1n) is 31.4. The summed E-state index contributed by atoms with van der Waals surface area (Å²) in [6.07, 6.45) is 54.7. The molecular weight excluding hydrogens is 793 g/mol. The summed E-state index contributed by atoms with van der Waals surface area (Å²) < 4.78 is 0. The van der Waals surface area contributed by atoms with Crippen LogP contribution in [0.15, 0.2) is 11.6 Å². The molecule has 0 heterocycles. The molecule has 66 heavy (non-hydrogen) atoms. The minimum absolute atomic E-state index is 0.573. The minimum Gasteiger partial charge on any atom is -0.0845 e. The van der Waals surface area contributed by atoms with Gasteiger partial charge in [-0.3, -0.25) is 0 Å². The van der Waals surface area contributed by atoms with Crippen molar-refractivity contribution >= 4 is 0 Å². The number of hydrogen-bond donors (Lipinski definition) is 0. The van der Waals surface area contributed by atoms with E-state index in [0.717, 1.165) is 106 Å². The Morgan fingerprint density at radius 2 is 1.09 bits per heavy atom. The van der Waals surface area contributed by atoms with Crippen molar-refractivity contribution < 1.29 is 0 Å². The molecule has 11 fully saturated rings. The fraction of sp³-hybridized carbons (Fsp3) is 0.970. The quantitative estimate of drug-likeness (QED) is 0.233. The van der Waals surface area contributed by atoms with E-state index in [1.165, 1.54) is 109 Å². The summed E-state index contributed by atoms with van der Waals surface area (Å²) in [5, 5.41) is 0. The summed E-state index contributed by atoms with van der Waals surface area (Å²) in [4.78, 5) is 0. The van der Waals surface area contributed by atoms with Gasteiger partial charge < -0.3 is 0 Å². The molecule has 0 N–H and O–H groups in total. The van der Waals surface area contributed by atoms with Crippen molar-refractivity contribution in [2.75, 3.05) is 0 Å². The first kappa shape index (κ1) is 49.3. The van der Waals surface area contributed by atoms with Gasteiger partial charge in [0.1, 0.15) is 0 Å². The van der Waals surface area contributed by atoms with Crippen LogP contribution in [0.3, 0.4) is 0 Å². The van der Waals surface area contributed by atoms with Gasteiger partial charge in [0.2, 0.25) is 0 Å². The van der Waals surface area contributed by atoms with Gasteiger partial charge in [-0.25, -0.2) is 0 Å². The van der Waals surface area contributed by atoms with Crippen molar-refractivity contribution in [3.63, 3.8) is 0 Å². The maximum atomic E-state index is 2.74. The van der Waals surface area contributed by atoms with Gasteiger partial charge in [0.05, 0.1) is 0 Å². The zero-order valence-corrected chi connectivity index (χ0v) is 45.9. The lowest BCUT2D eigenvalue weighted by molar-refractivity contribution is -0.110. The second-order valence-corrected chi connectivity index (χ2v) is 29.9. The van der Waals surface area contributed by atoms with Gasteiger partial charge in [-0.05, 0) is 269 Å². The second kappa shape index (κ2) is 19.6. The van der Waals surface area contributed by atoms with Crippen LogP contribution >= 0.6 is 0 Å². The molecule has 0 spiro atoms. The zero-order valence-electron chi connectivity index (χ0n) is 45.9. The van der Waals surface area contributed by atoms with E-state index >= 15 is 0 Å². The van der Waals surface area contributed by atoms with Crippen LogP contribution in [0.25, 0.3) is 0 Å². The summed E-state index contributed by atoms with van der Waals surface area (Å²) >= 11 is 0. The topological polar surface area (TPSA) is 0 Å². The second-order valence-electron chi connectivity index (χ2n) is 29.9. The van der Waals surface area contributed by atoms with Crippen LogP contribution in [0, 0.1) is 122 Å². The molecule has 0 bridgehead atoms. The Balaban J connectivity index is 0.000000119. The van der Waals surface area contributed by atoms with Gasteiger partial charge >= 0.3 is 0 Å². The Morgan fingerprint density at radius 3 is 1.82 bits per heavy atom. The molecule has 0 aromatic rings. The smallest absolute Gasteiger partial charge is 0.00853 e. The predicted molar refractivity (Wildman–Crippen MR) is 284 cm³/mol. The lowest BCUT2D eigenvalue weighted by Gasteiger charge is -2.60. The maximum Gasteiger partial charge on any atom is -0.00853 e. The largest absolute Gasteiger partial charge is 0.0845 e. The number of fused-ring (bicyclic) bond motifs is 15. The van der Waals surface area contributed by atoms with Crippen molar-refractivity contribution in [1.29, 1.82) is 0 Å². The third-order valence-electron chi connectivity index (χ3n) is 27.3. The number of hydrogen-bond acceptors (Lipinski definition) is 0. The highest BCUT2D eigenvalue weighted by Crippen LogP contribution is 2.70. The molecule has 11 saturated carbocycles. The lowest BCUT2D eigenvalue weighted by atomic mass is 9.45. The van der Waals surface area contributed by atoms with Gasteiger partial charge in [-0.1, -0.05) is 145 Å². The first-order chi connectivity index (χ1) is 31.7. The molecule has 0 aromatic carbocycles. The van der Waals surface area contributed by atoms with Crippen LogP contribution in [0.1, 0.15) is 281 Å². The fourth-order valence-corrected chi connectivity index (χ4v) is 23.7. The molecule has 376 valence electrons. The van der Waals surface area contributed by atoms with Crippen molar-refractivity contribution in [1.82, 2.24) is 0 Å². The van der Waals surface area contributed by atoms with E-state index in [9.17, 15) is 0 Å². The van der Waals surface area contributed by atoms with E-state index in [1.807, 2.05) is 5.57 Å². The summed E-state index contributed by atoms with van der Waals surface area (Å²) in [7, 11) is 0. The maximum absolute atomic E-state index is 2.74. The third kappa shape index (κ3) is 8.51. The van der Waals surface area contributed by atoms with Gasteiger partial charge in [0.15, 0.2) is 0 Å². The molecule has 12 aliphatic rings. The number of rotatable bonds is 6. The van der Waals surface area contributed by atoms with E-state index in [4.69, 9.17) is 0 Å². The lowest BCUT2D eigenvalue weighted by Crippen LogP contribution is -2.52. The van der Waals surface area contributed by atoms with Crippen LogP contribution in [-0.4, -0.2) is 0 Å². The normalized spacial score (nSPS) is 51.5. The average Bonchev–Trinajstić information content (AvgIpc) is 4.03. The van der Waals surface area contributed by atoms with Crippen molar-refractivity contribution in [3.05, 3.63) is 11.6 Å². The molecule has 0 radical (unpaired) electrons. The minimum atomic E-state index is 0.573. The molecule has 2 unspecified atom stereocenters. The Bertz CT molecular complexity index is 1650. The van der Waals surface area contributed by atoms with Crippen LogP contribution in [0.5, 0.6) is 0 Å². The van der Waals surface area contributed by atoms with E-state index in [0.29, 0.717) is 16.2 Å². The van der Waals surface area contributed by atoms with Crippen molar-refractivity contribution in [2.24, 2.45) is 122 Å². The molecule has 12 rings (SSSR count). The Hall–Kier alpha value is -0.260. The monoisotopic (exact) mass is 905 g/mol. The molecule has 0 aliphatic heterocycles. The van der Waals surface area contributed by atoms with Gasteiger partial charge in [-0.15, -0.1) is 0 Å². The van der Waals surface area contributed by atoms with Crippen molar-refractivity contribution in [3.8, 4) is 0 Å². The van der Waals surface area contributed by atoms with Gasteiger partial charge in [-0.2, -0.15) is 0 Å². The Kier molecular flexibility index (Phi) is 14.7. The first-order valence-corrected chi connectivity index (χ1v) is 31.4. The Labute approximate surface area is 412 Å². The Morgan fingerprint density at radius 1 is 0.470 bits per heavy atom. The van der Waals surface area contributed by atoms with Crippen LogP contribution < -0.4 is 0 Å². The molecule has 12 aliphatic carbocycles. The molecule has 20 atom stereocenters. The SMILES string of the molecule is CC(C)CCC[C@@H](C)[C@H]1CC[C@H]2[C@@H]3CC=C4CCCC[C@]4(C)[C@H]3CC[C@]12C.CC[C@H]1CC[C@H]2[C@@H]3CCC4CCCC[C@]4(C)[C@H]3CC[C@]12C.C[C@]12CCCCC1CC[C@H]1[C@@H]3CCC[C@H]3CC[C@@H]12. The summed E-state index contributed by atoms with van der Waals surface area (Å²) in [6.45, 7) is 23.3. The van der Waals surface area contributed by atoms with E-state index < -0.39 is 0 Å².